The van der Waals surface area contributed by atoms with E-state index in [4.69, 9.17) is 11.6 Å². The van der Waals surface area contributed by atoms with Gasteiger partial charge in [-0.25, -0.2) is 0 Å². The number of nitrogens with zero attached hydrogens (tertiary/aromatic N) is 1. The fourth-order valence-corrected chi connectivity index (χ4v) is 2.71. The molecule has 2 nitrogen and oxygen atoms in total. The Labute approximate surface area is 114 Å². The number of halogens is 1. The number of ketones is 1. The Morgan fingerprint density at radius 1 is 1.50 bits per heavy atom. The molecule has 98 valence electrons. The lowest BCUT2D eigenvalue weighted by atomic mass is 10.1. The van der Waals surface area contributed by atoms with Gasteiger partial charge in [0.05, 0.1) is 0 Å². The summed E-state index contributed by atoms with van der Waals surface area (Å²) in [6, 6.07) is 7.22. The summed E-state index contributed by atoms with van der Waals surface area (Å²) in [6.45, 7) is 5.41. The zero-order valence-corrected chi connectivity index (χ0v) is 11.6. The Morgan fingerprint density at radius 3 is 3.00 bits per heavy atom. The summed E-state index contributed by atoms with van der Waals surface area (Å²) < 4.78 is 0. The van der Waals surface area contributed by atoms with Gasteiger partial charge < -0.3 is 4.90 Å². The van der Waals surface area contributed by atoms with Crippen LogP contribution in [0.25, 0.3) is 0 Å². The maximum absolute atomic E-state index is 12.0. The quantitative estimate of drug-likeness (QED) is 0.758. The van der Waals surface area contributed by atoms with Crippen LogP contribution in [0.5, 0.6) is 0 Å². The van der Waals surface area contributed by atoms with Gasteiger partial charge in [0.15, 0.2) is 5.78 Å². The van der Waals surface area contributed by atoms with Crippen molar-refractivity contribution in [2.45, 2.75) is 26.2 Å². The van der Waals surface area contributed by atoms with Crippen LogP contribution in [0.1, 0.15) is 36.5 Å². The lowest BCUT2D eigenvalue weighted by molar-refractivity contribution is 0.0968. The molecule has 18 heavy (non-hydrogen) atoms. The summed E-state index contributed by atoms with van der Waals surface area (Å²) in [5.41, 5.74) is 0.730. The van der Waals surface area contributed by atoms with Crippen molar-refractivity contribution in [1.29, 1.82) is 0 Å². The van der Waals surface area contributed by atoms with Gasteiger partial charge in [0.1, 0.15) is 0 Å². The number of Topliss-reactive ketones (excluding diaryl/α,β-unsaturated/α-hetero) is 1. The van der Waals surface area contributed by atoms with Crippen LogP contribution in [0.4, 0.5) is 0 Å². The van der Waals surface area contributed by atoms with Crippen molar-refractivity contribution in [2.75, 3.05) is 19.6 Å². The van der Waals surface area contributed by atoms with Crippen LogP contribution in [-0.4, -0.2) is 30.3 Å². The van der Waals surface area contributed by atoms with E-state index in [0.29, 0.717) is 11.4 Å². The van der Waals surface area contributed by atoms with Crippen molar-refractivity contribution in [3.05, 3.63) is 34.9 Å². The molecule has 0 saturated carbocycles. The van der Waals surface area contributed by atoms with Gasteiger partial charge in [-0.2, -0.15) is 0 Å². The van der Waals surface area contributed by atoms with Gasteiger partial charge >= 0.3 is 0 Å². The Bertz CT molecular complexity index is 419. The number of carbonyl (C=O) groups excluding carboxylic acids is 1. The Morgan fingerprint density at radius 2 is 2.33 bits per heavy atom. The van der Waals surface area contributed by atoms with Gasteiger partial charge in [-0.1, -0.05) is 37.1 Å². The topological polar surface area (TPSA) is 20.3 Å². The summed E-state index contributed by atoms with van der Waals surface area (Å²) in [5, 5.41) is 0.632. The average Bonchev–Trinajstić information content (AvgIpc) is 2.84. The molecule has 0 radical (unpaired) electrons. The minimum atomic E-state index is 0.192. The smallest absolute Gasteiger partial charge is 0.164 e. The summed E-state index contributed by atoms with van der Waals surface area (Å²) in [6.07, 6.45) is 3.12. The zero-order chi connectivity index (χ0) is 13.0. The molecule has 0 aliphatic carbocycles. The molecule has 0 N–H and O–H groups in total. The third-order valence-electron chi connectivity index (χ3n) is 3.75. The highest BCUT2D eigenvalue weighted by molar-refractivity contribution is 6.31. The molecule has 1 aromatic carbocycles. The Kier molecular flexibility index (Phi) is 4.79. The molecule has 0 spiro atoms. The standard InChI is InChI=1S/C15H20ClNO/c1-2-12-6-8-17(11-12)9-7-15(18)13-4-3-5-14(16)10-13/h3-5,10,12H,2,6-9,11H2,1H3. The van der Waals surface area contributed by atoms with Gasteiger partial charge in [0, 0.05) is 30.1 Å². The van der Waals surface area contributed by atoms with Crippen LogP contribution < -0.4 is 0 Å². The van der Waals surface area contributed by atoms with Crippen molar-refractivity contribution >= 4 is 17.4 Å². The fourth-order valence-electron chi connectivity index (χ4n) is 2.52. The predicted molar refractivity (Wildman–Crippen MR) is 75.2 cm³/mol. The van der Waals surface area contributed by atoms with E-state index in [0.717, 1.165) is 31.1 Å². The van der Waals surface area contributed by atoms with E-state index in [1.54, 1.807) is 12.1 Å². The number of hydrogen-bond donors (Lipinski definition) is 0. The molecule has 3 heteroatoms. The minimum Gasteiger partial charge on any atom is -0.303 e. The van der Waals surface area contributed by atoms with Crippen LogP contribution in [0.3, 0.4) is 0 Å². The summed E-state index contributed by atoms with van der Waals surface area (Å²) in [7, 11) is 0. The van der Waals surface area contributed by atoms with Gasteiger partial charge in [-0.05, 0) is 31.0 Å². The molecule has 1 fully saturated rings. The second-order valence-electron chi connectivity index (χ2n) is 5.05. The van der Waals surface area contributed by atoms with Crippen LogP contribution in [0.15, 0.2) is 24.3 Å². The molecule has 1 unspecified atom stereocenters. The number of likely N-dealkylation sites (tertiary alicyclic amines) is 1. The predicted octanol–water partition coefficient (Wildman–Crippen LogP) is 3.64. The molecule has 1 heterocycles. The zero-order valence-electron chi connectivity index (χ0n) is 10.9. The molecule has 1 aromatic rings. The third-order valence-corrected chi connectivity index (χ3v) is 3.98. The number of hydrogen-bond acceptors (Lipinski definition) is 2. The largest absolute Gasteiger partial charge is 0.303 e. The molecule has 1 aliphatic heterocycles. The molecule has 0 aromatic heterocycles. The minimum absolute atomic E-state index is 0.192. The first-order valence-electron chi connectivity index (χ1n) is 6.70. The van der Waals surface area contributed by atoms with E-state index in [1.807, 2.05) is 12.1 Å². The highest BCUT2D eigenvalue weighted by atomic mass is 35.5. The lowest BCUT2D eigenvalue weighted by Crippen LogP contribution is -2.23. The van der Waals surface area contributed by atoms with E-state index in [9.17, 15) is 4.79 Å². The normalized spacial score (nSPS) is 20.2. The van der Waals surface area contributed by atoms with E-state index >= 15 is 0 Å². The van der Waals surface area contributed by atoms with Gasteiger partial charge in [0.25, 0.3) is 0 Å². The average molecular weight is 266 g/mol. The van der Waals surface area contributed by atoms with E-state index in [2.05, 4.69) is 11.8 Å². The van der Waals surface area contributed by atoms with Crippen LogP contribution in [0, 0.1) is 5.92 Å². The maximum Gasteiger partial charge on any atom is 0.164 e. The first kappa shape index (κ1) is 13.6. The van der Waals surface area contributed by atoms with Crippen LogP contribution >= 0.6 is 11.6 Å². The SMILES string of the molecule is CCC1CCN(CCC(=O)c2cccc(Cl)c2)C1. The molecular formula is C15H20ClNO. The second kappa shape index (κ2) is 6.35. The highest BCUT2D eigenvalue weighted by Gasteiger charge is 2.21. The van der Waals surface area contributed by atoms with Gasteiger partial charge in [-0.3, -0.25) is 4.79 Å². The number of rotatable bonds is 5. The molecular weight excluding hydrogens is 246 g/mol. The summed E-state index contributed by atoms with van der Waals surface area (Å²) in [4.78, 5) is 14.4. The number of benzene rings is 1. The first-order valence-corrected chi connectivity index (χ1v) is 7.08. The summed E-state index contributed by atoms with van der Waals surface area (Å²) in [5.74, 6) is 1.02. The van der Waals surface area contributed by atoms with Crippen molar-refractivity contribution in [2.24, 2.45) is 5.92 Å². The molecule has 0 amide bonds. The monoisotopic (exact) mass is 265 g/mol. The van der Waals surface area contributed by atoms with Crippen molar-refractivity contribution < 1.29 is 4.79 Å². The van der Waals surface area contributed by atoms with Crippen LogP contribution in [-0.2, 0) is 0 Å². The molecule has 1 aliphatic rings. The second-order valence-corrected chi connectivity index (χ2v) is 5.48. The van der Waals surface area contributed by atoms with Gasteiger partial charge in [0.2, 0.25) is 0 Å². The van der Waals surface area contributed by atoms with Crippen molar-refractivity contribution in [3.63, 3.8) is 0 Å². The van der Waals surface area contributed by atoms with E-state index in [1.165, 1.54) is 12.8 Å². The first-order chi connectivity index (χ1) is 8.69. The molecule has 1 saturated heterocycles. The maximum atomic E-state index is 12.0. The highest BCUT2D eigenvalue weighted by Crippen LogP contribution is 2.19. The van der Waals surface area contributed by atoms with E-state index < -0.39 is 0 Å². The lowest BCUT2D eigenvalue weighted by Gasteiger charge is -2.14. The summed E-state index contributed by atoms with van der Waals surface area (Å²) >= 11 is 5.89. The van der Waals surface area contributed by atoms with E-state index in [-0.39, 0.29) is 5.78 Å². The van der Waals surface area contributed by atoms with Crippen molar-refractivity contribution in [1.82, 2.24) is 4.90 Å². The van der Waals surface area contributed by atoms with Gasteiger partial charge in [-0.15, -0.1) is 0 Å². The molecule has 2 rings (SSSR count). The Hall–Kier alpha value is -0.860. The fraction of sp³-hybridized carbons (Fsp3) is 0.533. The Balaban J connectivity index is 1.82. The molecule has 0 bridgehead atoms. The van der Waals surface area contributed by atoms with Crippen molar-refractivity contribution in [3.8, 4) is 0 Å². The molecule has 1 atom stereocenters. The number of carbonyl (C=O) groups is 1. The van der Waals surface area contributed by atoms with Crippen LogP contribution in [0.2, 0.25) is 5.02 Å². The third kappa shape index (κ3) is 3.56.